The number of hydrogen-bond donors (Lipinski definition) is 1. The lowest BCUT2D eigenvalue weighted by molar-refractivity contribution is 0.0435. The van der Waals surface area contributed by atoms with Crippen LogP contribution in [0.2, 0.25) is 0 Å². The summed E-state index contributed by atoms with van der Waals surface area (Å²) in [6.45, 7) is 3.48. The lowest BCUT2D eigenvalue weighted by Gasteiger charge is -2.25. The van der Waals surface area contributed by atoms with Gasteiger partial charge < -0.3 is 14.8 Å². The van der Waals surface area contributed by atoms with Crippen LogP contribution in [0, 0.1) is 23.3 Å². The predicted octanol–water partition coefficient (Wildman–Crippen LogP) is 3.46. The Bertz CT molecular complexity index is 582. The summed E-state index contributed by atoms with van der Waals surface area (Å²) >= 11 is 0. The molecule has 1 aliphatic heterocycles. The monoisotopic (exact) mass is 398 g/mol. The molecule has 0 unspecified atom stereocenters. The van der Waals surface area contributed by atoms with Crippen LogP contribution in [0.25, 0.3) is 6.08 Å². The van der Waals surface area contributed by atoms with Gasteiger partial charge in [0.2, 0.25) is 0 Å². The normalized spacial score (nSPS) is 15.3. The molecule has 0 aromatic heterocycles. The smallest absolute Gasteiger partial charge is 0.185 e. The minimum Gasteiger partial charge on any atom is -0.385 e. The van der Waals surface area contributed by atoms with Crippen LogP contribution >= 0.6 is 12.4 Å². The van der Waals surface area contributed by atoms with Crippen molar-refractivity contribution in [3.05, 3.63) is 34.9 Å². The molecule has 1 aromatic carbocycles. The third-order valence-electron chi connectivity index (χ3n) is 3.88. The van der Waals surface area contributed by atoms with Gasteiger partial charge in [-0.1, -0.05) is 12.2 Å². The lowest BCUT2D eigenvalue weighted by atomic mass is 10.1. The number of nitrogens with one attached hydrogen (secondary N) is 1. The molecule has 26 heavy (non-hydrogen) atoms. The number of hydrogen-bond acceptors (Lipinski definition) is 4. The van der Waals surface area contributed by atoms with Crippen LogP contribution in [0.3, 0.4) is 0 Å². The van der Waals surface area contributed by atoms with Crippen molar-refractivity contribution in [3.63, 3.8) is 0 Å². The number of ether oxygens (including phenoxy) is 2. The first kappa shape index (κ1) is 22.7. The fraction of sp³-hybridized carbons (Fsp3) is 0.529. The molecule has 4 nitrogen and oxygen atoms in total. The molecule has 1 N–H and O–H groups in total. The summed E-state index contributed by atoms with van der Waals surface area (Å²) in [6, 6.07) is 0. The number of rotatable bonds is 8. The van der Waals surface area contributed by atoms with E-state index in [1.807, 2.05) is 4.90 Å². The molecule has 1 saturated heterocycles. The molecular formula is C17H23ClF4N2O2. The van der Waals surface area contributed by atoms with Crippen LogP contribution in [-0.2, 0) is 9.47 Å². The SMILES string of the molecule is COCCCNc1c(F)c(F)c(C=CCN2CCOCC2)c(F)c1F.Cl. The van der Waals surface area contributed by atoms with Gasteiger partial charge in [0.25, 0.3) is 0 Å². The zero-order valence-electron chi connectivity index (χ0n) is 14.5. The van der Waals surface area contributed by atoms with E-state index in [-0.39, 0.29) is 19.0 Å². The molecule has 148 valence electrons. The standard InChI is InChI=1S/C17H22F4N2O2.ClH/c1-24-9-3-5-22-17-15(20)13(18)12(14(19)16(17)21)4-2-6-23-7-10-25-11-8-23;/h2,4,22H,3,5-11H2,1H3;1H. The van der Waals surface area contributed by atoms with Crippen molar-refractivity contribution in [2.75, 3.05) is 58.4 Å². The Morgan fingerprint density at radius 1 is 1.08 bits per heavy atom. The average molecular weight is 399 g/mol. The molecule has 0 atom stereocenters. The quantitative estimate of drug-likeness (QED) is 0.413. The van der Waals surface area contributed by atoms with E-state index in [1.54, 1.807) is 0 Å². The predicted molar refractivity (Wildman–Crippen MR) is 94.8 cm³/mol. The second kappa shape index (κ2) is 11.4. The van der Waals surface area contributed by atoms with Crippen molar-refractivity contribution in [3.8, 4) is 0 Å². The van der Waals surface area contributed by atoms with Gasteiger partial charge in [-0.2, -0.15) is 0 Å². The highest BCUT2D eigenvalue weighted by atomic mass is 35.5. The number of nitrogens with zero attached hydrogens (tertiary/aromatic N) is 1. The molecule has 0 amide bonds. The van der Waals surface area contributed by atoms with Gasteiger partial charge in [-0.15, -0.1) is 12.4 Å². The number of morpholine rings is 1. The summed E-state index contributed by atoms with van der Waals surface area (Å²) in [5.41, 5.74) is -1.51. The first-order chi connectivity index (χ1) is 12.1. The van der Waals surface area contributed by atoms with Crippen molar-refractivity contribution in [1.82, 2.24) is 4.90 Å². The molecule has 1 fully saturated rings. The van der Waals surface area contributed by atoms with E-state index in [2.05, 4.69) is 5.32 Å². The third-order valence-corrected chi connectivity index (χ3v) is 3.88. The first-order valence-corrected chi connectivity index (χ1v) is 8.11. The average Bonchev–Trinajstić information content (AvgIpc) is 2.63. The molecule has 2 rings (SSSR count). The first-order valence-electron chi connectivity index (χ1n) is 8.11. The van der Waals surface area contributed by atoms with Gasteiger partial charge in [-0.05, 0) is 6.42 Å². The van der Waals surface area contributed by atoms with E-state index in [0.29, 0.717) is 45.9 Å². The third kappa shape index (κ3) is 5.84. The second-order valence-electron chi connectivity index (χ2n) is 5.63. The van der Waals surface area contributed by atoms with Gasteiger partial charge in [0.15, 0.2) is 23.3 Å². The number of anilines is 1. The van der Waals surface area contributed by atoms with Crippen LogP contribution in [0.4, 0.5) is 23.2 Å². The minimum absolute atomic E-state index is 0. The number of methoxy groups -OCH3 is 1. The highest BCUT2D eigenvalue weighted by Crippen LogP contribution is 2.29. The van der Waals surface area contributed by atoms with Crippen LogP contribution < -0.4 is 5.32 Å². The number of halogens is 5. The molecule has 1 aliphatic rings. The van der Waals surface area contributed by atoms with E-state index in [1.165, 1.54) is 13.2 Å². The zero-order valence-corrected chi connectivity index (χ0v) is 15.3. The lowest BCUT2D eigenvalue weighted by Crippen LogP contribution is -2.36. The van der Waals surface area contributed by atoms with E-state index in [0.717, 1.165) is 6.08 Å². The highest BCUT2D eigenvalue weighted by Gasteiger charge is 2.24. The number of benzene rings is 1. The largest absolute Gasteiger partial charge is 0.385 e. The van der Waals surface area contributed by atoms with Crippen LogP contribution in [-0.4, -0.2) is 58.0 Å². The van der Waals surface area contributed by atoms with Gasteiger partial charge in [0, 0.05) is 39.9 Å². The molecule has 0 saturated carbocycles. The molecule has 1 heterocycles. The maximum absolute atomic E-state index is 14.1. The summed E-state index contributed by atoms with van der Waals surface area (Å²) in [5.74, 6) is -5.68. The highest BCUT2D eigenvalue weighted by molar-refractivity contribution is 5.85. The topological polar surface area (TPSA) is 33.7 Å². The Morgan fingerprint density at radius 2 is 1.69 bits per heavy atom. The minimum atomic E-state index is -1.43. The van der Waals surface area contributed by atoms with Gasteiger partial charge in [0.1, 0.15) is 5.69 Å². The van der Waals surface area contributed by atoms with E-state index < -0.39 is 34.5 Å². The molecule has 0 radical (unpaired) electrons. The molecular weight excluding hydrogens is 376 g/mol. The molecule has 0 spiro atoms. The Kier molecular flexibility index (Phi) is 9.93. The van der Waals surface area contributed by atoms with E-state index >= 15 is 0 Å². The van der Waals surface area contributed by atoms with Crippen molar-refractivity contribution >= 4 is 24.2 Å². The zero-order chi connectivity index (χ0) is 18.2. The maximum atomic E-state index is 14.1. The Hall–Kier alpha value is -1.35. The Balaban J connectivity index is 0.00000338. The fourth-order valence-corrected chi connectivity index (χ4v) is 2.48. The summed E-state index contributed by atoms with van der Waals surface area (Å²) in [4.78, 5) is 2.01. The van der Waals surface area contributed by atoms with Crippen molar-refractivity contribution in [1.29, 1.82) is 0 Å². The van der Waals surface area contributed by atoms with Gasteiger partial charge in [0.05, 0.1) is 18.8 Å². The molecule has 0 bridgehead atoms. The summed E-state index contributed by atoms with van der Waals surface area (Å²) in [6.07, 6.45) is 3.00. The van der Waals surface area contributed by atoms with Crippen LogP contribution in [0.15, 0.2) is 6.08 Å². The summed E-state index contributed by atoms with van der Waals surface area (Å²) in [7, 11) is 1.48. The van der Waals surface area contributed by atoms with Crippen LogP contribution in [0.1, 0.15) is 12.0 Å². The fourth-order valence-electron chi connectivity index (χ4n) is 2.48. The van der Waals surface area contributed by atoms with Crippen LogP contribution in [0.5, 0.6) is 0 Å². The molecule has 1 aromatic rings. The summed E-state index contributed by atoms with van der Waals surface area (Å²) in [5, 5.41) is 2.38. The van der Waals surface area contributed by atoms with Gasteiger partial charge >= 0.3 is 0 Å². The summed E-state index contributed by atoms with van der Waals surface area (Å²) < 4.78 is 66.3. The maximum Gasteiger partial charge on any atom is 0.185 e. The second-order valence-corrected chi connectivity index (χ2v) is 5.63. The van der Waals surface area contributed by atoms with Gasteiger partial charge in [-0.25, -0.2) is 17.6 Å². The van der Waals surface area contributed by atoms with E-state index in [9.17, 15) is 17.6 Å². The van der Waals surface area contributed by atoms with Gasteiger partial charge in [-0.3, -0.25) is 4.90 Å². The Morgan fingerprint density at radius 3 is 2.27 bits per heavy atom. The van der Waals surface area contributed by atoms with E-state index in [4.69, 9.17) is 9.47 Å². The molecule has 0 aliphatic carbocycles. The van der Waals surface area contributed by atoms with Crippen molar-refractivity contribution < 1.29 is 27.0 Å². The Labute approximate surface area is 156 Å². The molecule has 9 heteroatoms. The van der Waals surface area contributed by atoms with Crippen molar-refractivity contribution in [2.45, 2.75) is 6.42 Å². The van der Waals surface area contributed by atoms with Crippen molar-refractivity contribution in [2.24, 2.45) is 0 Å².